The van der Waals surface area contributed by atoms with Crippen LogP contribution in [0.15, 0.2) is 12.2 Å². The van der Waals surface area contributed by atoms with Gasteiger partial charge < -0.3 is 5.32 Å². The van der Waals surface area contributed by atoms with Crippen molar-refractivity contribution in [1.29, 1.82) is 0 Å². The number of allylic oxidation sites excluding steroid dienone is 1. The van der Waals surface area contributed by atoms with Crippen LogP contribution in [0.5, 0.6) is 0 Å². The summed E-state index contributed by atoms with van der Waals surface area (Å²) in [6.07, 6.45) is 8.99. The average Bonchev–Trinajstić information content (AvgIpc) is 1.81. The van der Waals surface area contributed by atoms with Crippen LogP contribution >= 0.6 is 0 Å². The lowest BCUT2D eigenvalue weighted by Crippen LogP contribution is -2.12. The Morgan fingerprint density at radius 3 is 3.00 bits per heavy atom. The standard InChI is InChI=1S/C7H11N/c1-3-5-7-8-6-4-2/h2-3,5,8H,6-7H2,1H3/b5-3+. The van der Waals surface area contributed by atoms with Crippen LogP contribution in [-0.4, -0.2) is 13.1 Å². The van der Waals surface area contributed by atoms with Crippen LogP contribution in [-0.2, 0) is 0 Å². The maximum Gasteiger partial charge on any atom is 0.0576 e. The molecule has 44 valence electrons. The van der Waals surface area contributed by atoms with Crippen LogP contribution in [0.1, 0.15) is 6.92 Å². The lowest BCUT2D eigenvalue weighted by molar-refractivity contribution is 0.856. The van der Waals surface area contributed by atoms with E-state index in [1.807, 2.05) is 19.1 Å². The number of terminal acetylenes is 1. The molecule has 1 nitrogen and oxygen atoms in total. The van der Waals surface area contributed by atoms with E-state index in [9.17, 15) is 0 Å². The minimum atomic E-state index is 0.657. The van der Waals surface area contributed by atoms with E-state index >= 15 is 0 Å². The molecule has 0 aliphatic heterocycles. The van der Waals surface area contributed by atoms with E-state index < -0.39 is 0 Å². The molecule has 0 aromatic heterocycles. The number of hydrogen-bond donors (Lipinski definition) is 1. The van der Waals surface area contributed by atoms with Crippen LogP contribution in [0, 0.1) is 12.3 Å². The Morgan fingerprint density at radius 2 is 2.50 bits per heavy atom. The first-order valence-electron chi connectivity index (χ1n) is 2.67. The molecule has 0 aliphatic carbocycles. The molecule has 0 rings (SSSR count). The van der Waals surface area contributed by atoms with E-state index in [1.54, 1.807) is 0 Å². The molecule has 0 saturated carbocycles. The maximum atomic E-state index is 4.97. The normalized spacial score (nSPS) is 9.50. The number of rotatable bonds is 3. The van der Waals surface area contributed by atoms with Crippen LogP contribution in [0.4, 0.5) is 0 Å². The van der Waals surface area contributed by atoms with Gasteiger partial charge in [-0.3, -0.25) is 0 Å². The Morgan fingerprint density at radius 1 is 1.75 bits per heavy atom. The van der Waals surface area contributed by atoms with E-state index in [2.05, 4.69) is 11.2 Å². The summed E-state index contributed by atoms with van der Waals surface area (Å²) in [6, 6.07) is 0. The summed E-state index contributed by atoms with van der Waals surface area (Å²) in [7, 11) is 0. The lowest BCUT2D eigenvalue weighted by Gasteiger charge is -1.89. The predicted octanol–water partition coefficient (Wildman–Crippen LogP) is 0.785. The van der Waals surface area contributed by atoms with E-state index in [0.717, 1.165) is 6.54 Å². The van der Waals surface area contributed by atoms with Crippen molar-refractivity contribution in [2.45, 2.75) is 6.92 Å². The molecule has 0 bridgehead atoms. The van der Waals surface area contributed by atoms with Crippen molar-refractivity contribution < 1.29 is 0 Å². The van der Waals surface area contributed by atoms with Gasteiger partial charge in [-0.1, -0.05) is 18.1 Å². The Kier molecular flexibility index (Phi) is 5.68. The molecule has 1 heteroatoms. The molecule has 0 radical (unpaired) electrons. The molecule has 0 saturated heterocycles. The van der Waals surface area contributed by atoms with E-state index in [0.29, 0.717) is 6.54 Å². The molecule has 0 fully saturated rings. The quantitative estimate of drug-likeness (QED) is 0.321. The van der Waals surface area contributed by atoms with Crippen LogP contribution in [0.25, 0.3) is 0 Å². The van der Waals surface area contributed by atoms with Crippen molar-refractivity contribution in [2.75, 3.05) is 13.1 Å². The highest BCUT2D eigenvalue weighted by atomic mass is 14.8. The highest BCUT2D eigenvalue weighted by molar-refractivity contribution is 4.89. The van der Waals surface area contributed by atoms with Gasteiger partial charge in [-0.2, -0.15) is 0 Å². The van der Waals surface area contributed by atoms with E-state index in [-0.39, 0.29) is 0 Å². The molecule has 0 amide bonds. The number of hydrogen-bond acceptors (Lipinski definition) is 1. The Balaban J connectivity index is 2.85. The Bertz CT molecular complexity index is 97.4. The minimum absolute atomic E-state index is 0.657. The molecule has 0 heterocycles. The van der Waals surface area contributed by atoms with Crippen molar-refractivity contribution in [2.24, 2.45) is 0 Å². The zero-order valence-corrected chi connectivity index (χ0v) is 5.15. The molecule has 0 aliphatic rings. The highest BCUT2D eigenvalue weighted by Gasteiger charge is 1.71. The van der Waals surface area contributed by atoms with Gasteiger partial charge in [0.25, 0.3) is 0 Å². The molecule has 0 spiro atoms. The van der Waals surface area contributed by atoms with Crippen molar-refractivity contribution in [3.05, 3.63) is 12.2 Å². The third kappa shape index (κ3) is 5.26. The fourth-order valence-corrected chi connectivity index (χ4v) is 0.346. The van der Waals surface area contributed by atoms with Gasteiger partial charge in [0.1, 0.15) is 0 Å². The smallest absolute Gasteiger partial charge is 0.0576 e. The first-order chi connectivity index (χ1) is 3.91. The largest absolute Gasteiger partial charge is 0.303 e. The molecular formula is C7H11N. The van der Waals surface area contributed by atoms with Gasteiger partial charge in [0.05, 0.1) is 6.54 Å². The third-order valence-corrected chi connectivity index (χ3v) is 0.725. The fourth-order valence-electron chi connectivity index (χ4n) is 0.346. The van der Waals surface area contributed by atoms with Crippen molar-refractivity contribution >= 4 is 0 Å². The zero-order chi connectivity index (χ0) is 6.24. The second-order valence-corrected chi connectivity index (χ2v) is 1.40. The molecule has 0 aromatic rings. The van der Waals surface area contributed by atoms with Crippen molar-refractivity contribution in [3.63, 3.8) is 0 Å². The van der Waals surface area contributed by atoms with Gasteiger partial charge in [-0.25, -0.2) is 0 Å². The van der Waals surface area contributed by atoms with Crippen LogP contribution < -0.4 is 5.32 Å². The summed E-state index contributed by atoms with van der Waals surface area (Å²) in [5.74, 6) is 2.48. The van der Waals surface area contributed by atoms with Crippen molar-refractivity contribution in [3.8, 4) is 12.3 Å². The summed E-state index contributed by atoms with van der Waals surface area (Å²) in [6.45, 7) is 3.52. The SMILES string of the molecule is C#CCNC/C=C/C. The summed E-state index contributed by atoms with van der Waals surface area (Å²) in [4.78, 5) is 0. The van der Waals surface area contributed by atoms with Gasteiger partial charge in [0.2, 0.25) is 0 Å². The average molecular weight is 109 g/mol. The summed E-state index contributed by atoms with van der Waals surface area (Å²) < 4.78 is 0. The number of nitrogens with one attached hydrogen (secondary N) is 1. The molecular weight excluding hydrogens is 98.1 g/mol. The highest BCUT2D eigenvalue weighted by Crippen LogP contribution is 1.64. The van der Waals surface area contributed by atoms with E-state index in [4.69, 9.17) is 6.42 Å². The van der Waals surface area contributed by atoms with Gasteiger partial charge in [-0.15, -0.1) is 6.42 Å². The lowest BCUT2D eigenvalue weighted by atomic mass is 10.5. The van der Waals surface area contributed by atoms with Crippen molar-refractivity contribution in [1.82, 2.24) is 5.32 Å². The molecule has 0 unspecified atom stereocenters. The fraction of sp³-hybridized carbons (Fsp3) is 0.429. The molecule has 8 heavy (non-hydrogen) atoms. The zero-order valence-electron chi connectivity index (χ0n) is 5.15. The van der Waals surface area contributed by atoms with Gasteiger partial charge in [-0.05, 0) is 6.92 Å². The topological polar surface area (TPSA) is 12.0 Å². The molecule has 1 N–H and O–H groups in total. The third-order valence-electron chi connectivity index (χ3n) is 0.725. The van der Waals surface area contributed by atoms with Gasteiger partial charge in [0, 0.05) is 6.54 Å². The first-order valence-corrected chi connectivity index (χ1v) is 2.67. The predicted molar refractivity (Wildman–Crippen MR) is 36.5 cm³/mol. The second kappa shape index (κ2) is 6.26. The summed E-state index contributed by atoms with van der Waals surface area (Å²) in [5.41, 5.74) is 0. The molecule has 0 aromatic carbocycles. The van der Waals surface area contributed by atoms with E-state index in [1.165, 1.54) is 0 Å². The minimum Gasteiger partial charge on any atom is -0.303 e. The monoisotopic (exact) mass is 109 g/mol. The Labute approximate surface area is 50.8 Å². The first kappa shape index (κ1) is 7.26. The van der Waals surface area contributed by atoms with Gasteiger partial charge in [0.15, 0.2) is 0 Å². The summed E-state index contributed by atoms with van der Waals surface area (Å²) >= 11 is 0. The Hall–Kier alpha value is -0.740. The molecule has 0 atom stereocenters. The second-order valence-electron chi connectivity index (χ2n) is 1.40. The van der Waals surface area contributed by atoms with Crippen LogP contribution in [0.3, 0.4) is 0 Å². The maximum absolute atomic E-state index is 4.97. The van der Waals surface area contributed by atoms with Crippen LogP contribution in [0.2, 0.25) is 0 Å². The summed E-state index contributed by atoms with van der Waals surface area (Å²) in [5, 5.41) is 3.01. The van der Waals surface area contributed by atoms with Gasteiger partial charge >= 0.3 is 0 Å².